The van der Waals surface area contributed by atoms with Gasteiger partial charge in [-0.2, -0.15) is 5.26 Å². The summed E-state index contributed by atoms with van der Waals surface area (Å²) in [6.45, 7) is 3.35. The van der Waals surface area contributed by atoms with Gasteiger partial charge in [0.2, 0.25) is 5.91 Å². The molecule has 1 aromatic rings. The minimum absolute atomic E-state index is 0.246. The average molecular weight is 287 g/mol. The predicted molar refractivity (Wildman–Crippen MR) is 80.5 cm³/mol. The van der Waals surface area contributed by atoms with Gasteiger partial charge in [0, 0.05) is 30.8 Å². The average Bonchev–Trinajstić information content (AvgIpc) is 2.46. The molecule has 0 saturated carbocycles. The topological polar surface area (TPSA) is 90.3 Å². The van der Waals surface area contributed by atoms with Gasteiger partial charge in [-0.05, 0) is 37.8 Å². The van der Waals surface area contributed by atoms with Crippen LogP contribution in [0.2, 0.25) is 0 Å². The summed E-state index contributed by atoms with van der Waals surface area (Å²) >= 11 is 0. The van der Waals surface area contributed by atoms with Gasteiger partial charge in [0.25, 0.3) is 0 Å². The maximum absolute atomic E-state index is 11.0. The van der Waals surface area contributed by atoms with E-state index < -0.39 is 6.10 Å². The smallest absolute Gasteiger partial charge is 0.217 e. The number of hydrogen-bond acceptors (Lipinski definition) is 4. The van der Waals surface area contributed by atoms with E-state index in [1.807, 2.05) is 12.1 Å². The molecular weight excluding hydrogens is 266 g/mol. The standard InChI is InChI=1S/C16H21N3O2/c1-11(20)14-3-2-13(10-17)8-15(14)19-6-4-12(5-7-19)9-16(18)21/h2-3,8,11-12,20H,4-7,9H2,1H3,(H2,18,21)/t11-/m0/s1. The molecule has 0 spiro atoms. The molecule has 0 bridgehead atoms. The van der Waals surface area contributed by atoms with Crippen LogP contribution in [0, 0.1) is 17.2 Å². The van der Waals surface area contributed by atoms with Crippen molar-refractivity contribution in [3.63, 3.8) is 0 Å². The zero-order valence-electron chi connectivity index (χ0n) is 12.2. The summed E-state index contributed by atoms with van der Waals surface area (Å²) in [5.41, 5.74) is 7.59. The number of aliphatic hydroxyl groups is 1. The number of nitrogens with two attached hydrogens (primary N) is 1. The molecule has 1 heterocycles. The van der Waals surface area contributed by atoms with Crippen molar-refractivity contribution in [1.29, 1.82) is 5.26 Å². The third kappa shape index (κ3) is 3.73. The molecule has 1 fully saturated rings. The van der Waals surface area contributed by atoms with E-state index in [1.165, 1.54) is 0 Å². The van der Waals surface area contributed by atoms with Crippen molar-refractivity contribution >= 4 is 11.6 Å². The lowest BCUT2D eigenvalue weighted by molar-refractivity contribution is -0.119. The van der Waals surface area contributed by atoms with Gasteiger partial charge in [-0.15, -0.1) is 0 Å². The number of primary amides is 1. The van der Waals surface area contributed by atoms with Crippen molar-refractivity contribution < 1.29 is 9.90 Å². The number of carbonyl (C=O) groups excluding carboxylic acids is 1. The molecule has 5 heteroatoms. The summed E-state index contributed by atoms with van der Waals surface area (Å²) in [6, 6.07) is 7.51. The molecule has 112 valence electrons. The number of amides is 1. The van der Waals surface area contributed by atoms with Gasteiger partial charge in [0.05, 0.1) is 17.7 Å². The monoisotopic (exact) mass is 287 g/mol. The molecule has 1 atom stereocenters. The molecule has 21 heavy (non-hydrogen) atoms. The summed E-state index contributed by atoms with van der Waals surface area (Å²) in [7, 11) is 0. The SMILES string of the molecule is C[C@H](O)c1ccc(C#N)cc1N1CCC(CC(N)=O)CC1. The fraction of sp³-hybridized carbons (Fsp3) is 0.500. The van der Waals surface area contributed by atoms with Crippen LogP contribution in [0.4, 0.5) is 5.69 Å². The third-order valence-electron chi connectivity index (χ3n) is 4.05. The van der Waals surface area contributed by atoms with Gasteiger partial charge in [0.15, 0.2) is 0 Å². The van der Waals surface area contributed by atoms with Gasteiger partial charge in [-0.25, -0.2) is 0 Å². The number of aliphatic hydroxyl groups excluding tert-OH is 1. The van der Waals surface area contributed by atoms with Crippen LogP contribution in [0.1, 0.15) is 43.4 Å². The highest BCUT2D eigenvalue weighted by Crippen LogP contribution is 2.31. The number of rotatable bonds is 4. The van der Waals surface area contributed by atoms with Crippen LogP contribution in [0.3, 0.4) is 0 Å². The highest BCUT2D eigenvalue weighted by Gasteiger charge is 2.23. The largest absolute Gasteiger partial charge is 0.389 e. The van der Waals surface area contributed by atoms with Gasteiger partial charge in [-0.3, -0.25) is 4.79 Å². The lowest BCUT2D eigenvalue weighted by atomic mass is 9.92. The number of piperidine rings is 1. The van der Waals surface area contributed by atoms with Crippen LogP contribution in [0.15, 0.2) is 18.2 Å². The second-order valence-corrected chi connectivity index (χ2v) is 5.66. The first-order valence-corrected chi connectivity index (χ1v) is 7.26. The van der Waals surface area contributed by atoms with Crippen molar-refractivity contribution in [1.82, 2.24) is 0 Å². The number of nitriles is 1. The first-order chi connectivity index (χ1) is 10.0. The Balaban J connectivity index is 2.15. The summed E-state index contributed by atoms with van der Waals surface area (Å²) in [5, 5.41) is 18.9. The Labute approximate surface area is 125 Å². The Morgan fingerprint density at radius 1 is 1.52 bits per heavy atom. The minimum atomic E-state index is -0.573. The van der Waals surface area contributed by atoms with Crippen LogP contribution >= 0.6 is 0 Å². The van der Waals surface area contributed by atoms with Gasteiger partial charge < -0.3 is 15.7 Å². The molecule has 1 saturated heterocycles. The molecule has 1 aliphatic rings. The zero-order chi connectivity index (χ0) is 15.4. The van der Waals surface area contributed by atoms with E-state index in [9.17, 15) is 9.90 Å². The maximum Gasteiger partial charge on any atom is 0.217 e. The van der Waals surface area contributed by atoms with Gasteiger partial charge in [0.1, 0.15) is 0 Å². The summed E-state index contributed by atoms with van der Waals surface area (Å²) in [6.07, 6.45) is 1.67. The number of hydrogen-bond donors (Lipinski definition) is 2. The molecule has 0 aromatic heterocycles. The molecule has 0 unspecified atom stereocenters. The Hall–Kier alpha value is -2.06. The van der Waals surface area contributed by atoms with E-state index in [0.717, 1.165) is 37.2 Å². The van der Waals surface area contributed by atoms with Crippen LogP contribution < -0.4 is 10.6 Å². The first-order valence-electron chi connectivity index (χ1n) is 7.26. The van der Waals surface area contributed by atoms with Crippen LogP contribution in [-0.2, 0) is 4.79 Å². The van der Waals surface area contributed by atoms with E-state index in [2.05, 4.69) is 11.0 Å². The van der Waals surface area contributed by atoms with Gasteiger partial charge >= 0.3 is 0 Å². The lowest BCUT2D eigenvalue weighted by Crippen LogP contribution is -2.35. The normalized spacial score (nSPS) is 17.3. The fourth-order valence-corrected chi connectivity index (χ4v) is 2.90. The molecular formula is C16H21N3O2. The molecule has 0 aliphatic carbocycles. The van der Waals surface area contributed by atoms with E-state index in [0.29, 0.717) is 17.9 Å². The molecule has 2 rings (SSSR count). The highest BCUT2D eigenvalue weighted by molar-refractivity contribution is 5.74. The first kappa shape index (κ1) is 15.3. The van der Waals surface area contributed by atoms with Crippen molar-refractivity contribution in [3.05, 3.63) is 29.3 Å². The predicted octanol–water partition coefficient (Wildman–Crippen LogP) is 1.70. The summed E-state index contributed by atoms with van der Waals surface area (Å²) in [4.78, 5) is 13.2. The summed E-state index contributed by atoms with van der Waals surface area (Å²) < 4.78 is 0. The number of carbonyl (C=O) groups is 1. The van der Waals surface area contributed by atoms with Crippen LogP contribution in [0.5, 0.6) is 0 Å². The highest BCUT2D eigenvalue weighted by atomic mass is 16.3. The molecule has 3 N–H and O–H groups in total. The van der Waals surface area contributed by atoms with Crippen molar-refractivity contribution in [2.75, 3.05) is 18.0 Å². The summed E-state index contributed by atoms with van der Waals surface area (Å²) in [5.74, 6) is 0.0949. The van der Waals surface area contributed by atoms with E-state index >= 15 is 0 Å². The van der Waals surface area contributed by atoms with Crippen LogP contribution in [-0.4, -0.2) is 24.1 Å². The number of benzene rings is 1. The third-order valence-corrected chi connectivity index (χ3v) is 4.05. The second kappa shape index (κ2) is 6.59. The molecule has 1 amide bonds. The van der Waals surface area contributed by atoms with E-state index in [4.69, 9.17) is 11.0 Å². The Bertz CT molecular complexity index is 555. The van der Waals surface area contributed by atoms with Crippen molar-refractivity contribution in [3.8, 4) is 6.07 Å². The zero-order valence-corrected chi connectivity index (χ0v) is 12.2. The van der Waals surface area contributed by atoms with Crippen molar-refractivity contribution in [2.45, 2.75) is 32.3 Å². The van der Waals surface area contributed by atoms with Gasteiger partial charge in [-0.1, -0.05) is 6.07 Å². The van der Waals surface area contributed by atoms with E-state index in [1.54, 1.807) is 13.0 Å². The molecule has 1 aliphatic heterocycles. The molecule has 0 radical (unpaired) electrons. The Kier molecular flexibility index (Phi) is 4.81. The number of anilines is 1. The lowest BCUT2D eigenvalue weighted by Gasteiger charge is -2.35. The Morgan fingerprint density at radius 3 is 2.71 bits per heavy atom. The van der Waals surface area contributed by atoms with Crippen molar-refractivity contribution in [2.24, 2.45) is 11.7 Å². The minimum Gasteiger partial charge on any atom is -0.389 e. The fourth-order valence-electron chi connectivity index (χ4n) is 2.90. The Morgan fingerprint density at radius 2 is 2.19 bits per heavy atom. The van der Waals surface area contributed by atoms with Crippen LogP contribution in [0.25, 0.3) is 0 Å². The molecule has 5 nitrogen and oxygen atoms in total. The van der Waals surface area contributed by atoms with E-state index in [-0.39, 0.29) is 5.91 Å². The maximum atomic E-state index is 11.0. The second-order valence-electron chi connectivity index (χ2n) is 5.66. The number of nitrogens with zero attached hydrogens (tertiary/aromatic N) is 2. The molecule has 1 aromatic carbocycles. The quantitative estimate of drug-likeness (QED) is 0.882.